The van der Waals surface area contributed by atoms with E-state index >= 15 is 0 Å². The number of nitrogens with one attached hydrogen (secondary N) is 2. The van der Waals surface area contributed by atoms with Crippen LogP contribution in [-0.4, -0.2) is 33.8 Å². The van der Waals surface area contributed by atoms with E-state index in [0.717, 1.165) is 18.2 Å². The molecule has 0 aliphatic carbocycles. The lowest BCUT2D eigenvalue weighted by atomic mass is 10.2. The highest BCUT2D eigenvalue weighted by molar-refractivity contribution is 7.99. The Morgan fingerprint density at radius 2 is 1.93 bits per heavy atom. The van der Waals surface area contributed by atoms with Crippen molar-refractivity contribution in [3.05, 3.63) is 34.6 Å². The summed E-state index contributed by atoms with van der Waals surface area (Å²) in [6.07, 6.45) is 0.761. The highest BCUT2D eigenvalue weighted by Crippen LogP contribution is 2.22. The van der Waals surface area contributed by atoms with Gasteiger partial charge in [0.15, 0.2) is 5.16 Å². The van der Waals surface area contributed by atoms with Gasteiger partial charge in [0.25, 0.3) is 5.56 Å². The molecule has 2 aromatic rings. The van der Waals surface area contributed by atoms with Crippen LogP contribution in [0.3, 0.4) is 0 Å². The molecule has 0 fully saturated rings. The number of carbonyl (C=O) groups excluding carboxylic acids is 2. The van der Waals surface area contributed by atoms with E-state index < -0.39 is 11.9 Å². The van der Waals surface area contributed by atoms with Crippen LogP contribution in [-0.2, 0) is 4.79 Å². The van der Waals surface area contributed by atoms with Crippen molar-refractivity contribution in [3.63, 3.8) is 0 Å². The number of benzene rings is 1. The normalized spacial score (nSPS) is 12.2. The van der Waals surface area contributed by atoms with Crippen molar-refractivity contribution in [2.45, 2.75) is 45.3 Å². The molecule has 0 aliphatic rings. The molecule has 146 valence electrons. The van der Waals surface area contributed by atoms with E-state index in [2.05, 4.69) is 15.6 Å². The van der Waals surface area contributed by atoms with Crippen LogP contribution < -0.4 is 16.2 Å². The summed E-state index contributed by atoms with van der Waals surface area (Å²) in [5, 5.41) is 5.96. The number of hydrogen-bond acceptors (Lipinski definition) is 5. The molecule has 0 saturated carbocycles. The maximum atomic E-state index is 12.9. The van der Waals surface area contributed by atoms with Crippen LogP contribution in [0.2, 0.25) is 0 Å². The van der Waals surface area contributed by atoms with Crippen molar-refractivity contribution in [2.75, 3.05) is 12.3 Å². The maximum absolute atomic E-state index is 12.9. The lowest BCUT2D eigenvalue weighted by Crippen LogP contribution is -2.41. The van der Waals surface area contributed by atoms with E-state index in [0.29, 0.717) is 28.5 Å². The smallest absolute Gasteiger partial charge is 0.321 e. The lowest BCUT2D eigenvalue weighted by Gasteiger charge is -2.18. The fraction of sp³-hybridized carbons (Fsp3) is 0.474. The number of amides is 3. The van der Waals surface area contributed by atoms with Gasteiger partial charge in [-0.15, -0.1) is 0 Å². The van der Waals surface area contributed by atoms with Gasteiger partial charge in [0.05, 0.1) is 16.7 Å². The molecule has 1 aromatic carbocycles. The zero-order valence-corrected chi connectivity index (χ0v) is 16.9. The molecule has 0 bridgehead atoms. The number of imide groups is 1. The minimum absolute atomic E-state index is 0.00366. The van der Waals surface area contributed by atoms with Crippen LogP contribution in [0.15, 0.2) is 34.2 Å². The third kappa shape index (κ3) is 5.56. The molecule has 27 heavy (non-hydrogen) atoms. The first-order valence-corrected chi connectivity index (χ1v) is 10.0. The number of aromatic nitrogens is 2. The fourth-order valence-electron chi connectivity index (χ4n) is 2.43. The van der Waals surface area contributed by atoms with Gasteiger partial charge in [-0.3, -0.25) is 19.5 Å². The molecular weight excluding hydrogens is 364 g/mol. The predicted octanol–water partition coefficient (Wildman–Crippen LogP) is 2.94. The Kier molecular flexibility index (Phi) is 7.41. The number of para-hydroxylation sites is 1. The number of carbonyl (C=O) groups is 2. The summed E-state index contributed by atoms with van der Waals surface area (Å²) in [5.41, 5.74) is 0.479. The monoisotopic (exact) mass is 390 g/mol. The van der Waals surface area contributed by atoms with Crippen LogP contribution in [0.25, 0.3) is 10.9 Å². The number of nitrogens with zero attached hydrogens (tertiary/aromatic N) is 2. The number of urea groups is 1. The second-order valence-corrected chi connectivity index (χ2v) is 7.73. The van der Waals surface area contributed by atoms with Gasteiger partial charge in [0, 0.05) is 12.6 Å². The topological polar surface area (TPSA) is 93.1 Å². The van der Waals surface area contributed by atoms with Gasteiger partial charge in [0.2, 0.25) is 5.91 Å². The van der Waals surface area contributed by atoms with Crippen LogP contribution in [0.5, 0.6) is 0 Å². The summed E-state index contributed by atoms with van der Waals surface area (Å²) in [6.45, 7) is 8.37. The average Bonchev–Trinajstić information content (AvgIpc) is 2.64. The number of thioether (sulfide) groups is 1. The van der Waals surface area contributed by atoms with Gasteiger partial charge in [-0.25, -0.2) is 9.78 Å². The number of rotatable bonds is 7. The largest absolute Gasteiger partial charge is 0.338 e. The zero-order valence-electron chi connectivity index (χ0n) is 16.1. The Morgan fingerprint density at radius 3 is 2.59 bits per heavy atom. The van der Waals surface area contributed by atoms with E-state index in [1.807, 2.05) is 39.8 Å². The Balaban J connectivity index is 2.16. The molecule has 2 N–H and O–H groups in total. The van der Waals surface area contributed by atoms with Gasteiger partial charge in [-0.1, -0.05) is 44.7 Å². The third-order valence-electron chi connectivity index (χ3n) is 4.06. The second-order valence-electron chi connectivity index (χ2n) is 6.78. The van der Waals surface area contributed by atoms with E-state index in [1.54, 1.807) is 16.7 Å². The van der Waals surface area contributed by atoms with Crippen molar-refractivity contribution in [3.8, 4) is 0 Å². The molecule has 0 spiro atoms. The summed E-state index contributed by atoms with van der Waals surface area (Å²) in [7, 11) is 0. The summed E-state index contributed by atoms with van der Waals surface area (Å²) < 4.78 is 1.62. The van der Waals surface area contributed by atoms with Crippen LogP contribution in [0.4, 0.5) is 4.79 Å². The van der Waals surface area contributed by atoms with Crippen molar-refractivity contribution in [1.29, 1.82) is 0 Å². The third-order valence-corrected chi connectivity index (χ3v) is 5.02. The zero-order chi connectivity index (χ0) is 20.0. The van der Waals surface area contributed by atoms with Crippen molar-refractivity contribution in [2.24, 2.45) is 5.92 Å². The highest BCUT2D eigenvalue weighted by Gasteiger charge is 2.17. The summed E-state index contributed by atoms with van der Waals surface area (Å²) >= 11 is 1.15. The highest BCUT2D eigenvalue weighted by atomic mass is 32.2. The molecule has 1 heterocycles. The van der Waals surface area contributed by atoms with E-state index in [9.17, 15) is 14.4 Å². The molecule has 1 atom stereocenters. The standard InChI is InChI=1S/C19H26N4O3S/c1-5-13(4)23-17(25)14-8-6-7-9-15(14)21-19(23)27-11-16(24)22-18(26)20-10-12(2)3/h6-9,12-13H,5,10-11H2,1-4H3,(H2,20,22,24,26)/t13-/m1/s1. The Labute approximate surface area is 162 Å². The molecule has 7 nitrogen and oxygen atoms in total. The van der Waals surface area contributed by atoms with Gasteiger partial charge >= 0.3 is 6.03 Å². The minimum atomic E-state index is -0.514. The first kappa shape index (κ1) is 21.0. The first-order valence-electron chi connectivity index (χ1n) is 9.05. The van der Waals surface area contributed by atoms with Crippen LogP contribution in [0.1, 0.15) is 40.2 Å². The lowest BCUT2D eigenvalue weighted by molar-refractivity contribution is -0.117. The molecule has 0 saturated heterocycles. The Hall–Kier alpha value is -2.35. The van der Waals surface area contributed by atoms with Crippen molar-refractivity contribution in [1.82, 2.24) is 20.2 Å². The summed E-state index contributed by atoms with van der Waals surface area (Å²) in [4.78, 5) is 41.2. The Bertz CT molecular complexity index is 879. The molecule has 8 heteroatoms. The average molecular weight is 391 g/mol. The molecular formula is C19H26N4O3S. The molecule has 3 amide bonds. The first-order chi connectivity index (χ1) is 12.8. The van der Waals surface area contributed by atoms with Gasteiger partial charge in [-0.05, 0) is 31.4 Å². The summed E-state index contributed by atoms with van der Waals surface area (Å²) in [5.74, 6) is -0.137. The van der Waals surface area contributed by atoms with Crippen molar-refractivity contribution < 1.29 is 9.59 Å². The van der Waals surface area contributed by atoms with Crippen LogP contribution in [0, 0.1) is 5.92 Å². The minimum Gasteiger partial charge on any atom is -0.338 e. The van der Waals surface area contributed by atoms with Crippen molar-refractivity contribution >= 4 is 34.6 Å². The predicted molar refractivity (Wildman–Crippen MR) is 108 cm³/mol. The van der Waals surface area contributed by atoms with Crippen LogP contribution >= 0.6 is 11.8 Å². The Morgan fingerprint density at radius 1 is 1.22 bits per heavy atom. The number of hydrogen-bond donors (Lipinski definition) is 2. The maximum Gasteiger partial charge on any atom is 0.321 e. The van der Waals surface area contributed by atoms with Gasteiger partial charge < -0.3 is 5.32 Å². The molecule has 0 radical (unpaired) electrons. The van der Waals surface area contributed by atoms with Gasteiger partial charge in [-0.2, -0.15) is 0 Å². The SMILES string of the molecule is CC[C@@H](C)n1c(SCC(=O)NC(=O)NCC(C)C)nc2ccccc2c1=O. The quantitative estimate of drug-likeness (QED) is 0.560. The summed E-state index contributed by atoms with van der Waals surface area (Å²) in [6, 6.07) is 6.60. The molecule has 0 unspecified atom stereocenters. The molecule has 2 rings (SSSR count). The van der Waals surface area contributed by atoms with E-state index in [-0.39, 0.29) is 17.4 Å². The molecule has 1 aromatic heterocycles. The fourth-order valence-corrected chi connectivity index (χ4v) is 3.33. The van der Waals surface area contributed by atoms with E-state index in [1.165, 1.54) is 0 Å². The second kappa shape index (κ2) is 9.55. The number of fused-ring (bicyclic) bond motifs is 1. The van der Waals surface area contributed by atoms with E-state index in [4.69, 9.17) is 0 Å². The van der Waals surface area contributed by atoms with Gasteiger partial charge in [0.1, 0.15) is 0 Å². The molecule has 0 aliphatic heterocycles.